The molecular weight excluding hydrogens is 727 g/mol. The number of hydrogen-bond donors (Lipinski definition) is 0. The van der Waals surface area contributed by atoms with Gasteiger partial charge in [-0.3, -0.25) is 0 Å². The van der Waals surface area contributed by atoms with Crippen molar-refractivity contribution in [2.45, 2.75) is 114 Å². The number of halogens is 2. The van der Waals surface area contributed by atoms with E-state index in [1.54, 1.807) is 17.7 Å². The van der Waals surface area contributed by atoms with Gasteiger partial charge in [0.25, 0.3) is 0 Å². The summed E-state index contributed by atoms with van der Waals surface area (Å²) in [5, 5.41) is 0. The van der Waals surface area contributed by atoms with Crippen LogP contribution in [0.2, 0.25) is 0 Å². The molecule has 0 aromatic heterocycles. The Morgan fingerprint density at radius 1 is 0.660 bits per heavy atom. The molecule has 262 valence electrons. The third kappa shape index (κ3) is 6.45. The first-order chi connectivity index (χ1) is 22.2. The minimum absolute atomic E-state index is 0. The summed E-state index contributed by atoms with van der Waals surface area (Å²) in [7, 11) is 0. The molecule has 0 N–H and O–H groups in total. The van der Waals surface area contributed by atoms with Gasteiger partial charge < -0.3 is 24.8 Å². The van der Waals surface area contributed by atoms with Crippen LogP contribution in [0.15, 0.2) is 85.0 Å². The van der Waals surface area contributed by atoms with E-state index >= 15 is 0 Å². The first kappa shape index (κ1) is 39.2. The monoisotopic (exact) mass is 780 g/mol. The molecule has 0 aliphatic heterocycles. The molecule has 4 aliphatic carbocycles. The van der Waals surface area contributed by atoms with Crippen molar-refractivity contribution in [1.29, 1.82) is 0 Å². The molecule has 0 spiro atoms. The smallest absolute Gasteiger partial charge is 1.00 e. The fourth-order valence-corrected chi connectivity index (χ4v) is 17.4. The molecule has 0 radical (unpaired) electrons. The van der Waals surface area contributed by atoms with Crippen LogP contribution in [-0.4, -0.2) is 3.71 Å². The maximum atomic E-state index is 2.76. The summed E-state index contributed by atoms with van der Waals surface area (Å²) in [5.74, 6) is 0. The van der Waals surface area contributed by atoms with Crippen LogP contribution in [0.3, 0.4) is 0 Å². The summed E-state index contributed by atoms with van der Waals surface area (Å²) in [6.07, 6.45) is 9.84. The van der Waals surface area contributed by atoms with Crippen molar-refractivity contribution in [2.24, 2.45) is 16.2 Å². The van der Waals surface area contributed by atoms with E-state index in [2.05, 4.69) is 167 Å². The Morgan fingerprint density at radius 2 is 1.24 bits per heavy atom. The van der Waals surface area contributed by atoms with Crippen LogP contribution in [0.25, 0.3) is 22.3 Å². The van der Waals surface area contributed by atoms with Crippen LogP contribution in [0.1, 0.15) is 135 Å². The fraction of sp³-hybridized carbons (Fsp3) is 0.426. The summed E-state index contributed by atoms with van der Waals surface area (Å²) >= 11 is -2.55. The van der Waals surface area contributed by atoms with E-state index in [9.17, 15) is 0 Å². The average molecular weight is 783 g/mol. The van der Waals surface area contributed by atoms with E-state index in [1.165, 1.54) is 55.7 Å². The Bertz CT molecular complexity index is 2040. The van der Waals surface area contributed by atoms with Gasteiger partial charge in [0.15, 0.2) is 0 Å². The molecule has 7 rings (SSSR count). The summed E-state index contributed by atoms with van der Waals surface area (Å²) in [6, 6.07) is 21.6. The standard InChI is InChI=1S/C31H37.C9H13.C7H6.2ClH.Zr/c1-28(2,3)26-16-30(7,8)24-12-18-11-19-13-25-23(15-21(19)20(18)14-22(24)26)27(29(4,5)6)17-31(25,9)10;1-9(2,3)8-6-4-5-7-8;1-7-5-3-2-4-6-7;;;/h12-16H,11H2,1-10H3;6-7H,4H2,1-3H3;1-6H;2*1H;/q;;;;;+2/p-2. The van der Waals surface area contributed by atoms with Crippen molar-refractivity contribution in [2.75, 3.05) is 0 Å². The van der Waals surface area contributed by atoms with Crippen LogP contribution in [-0.2, 0) is 38.5 Å². The van der Waals surface area contributed by atoms with Gasteiger partial charge >= 0.3 is 301 Å². The van der Waals surface area contributed by atoms with Crippen molar-refractivity contribution in [1.82, 2.24) is 0 Å². The van der Waals surface area contributed by atoms with Crippen molar-refractivity contribution >= 4 is 14.9 Å². The summed E-state index contributed by atoms with van der Waals surface area (Å²) in [4.78, 5) is 0. The largest absolute Gasteiger partial charge is 1.00 e. The summed E-state index contributed by atoms with van der Waals surface area (Å²) in [6.45, 7) is 31.5. The fourth-order valence-electron chi connectivity index (χ4n) is 9.01. The number of hydrogen-bond acceptors (Lipinski definition) is 0. The zero-order chi connectivity index (χ0) is 34.8. The van der Waals surface area contributed by atoms with E-state index in [0.29, 0.717) is 0 Å². The molecule has 0 nitrogen and oxygen atoms in total. The van der Waals surface area contributed by atoms with Crippen LogP contribution in [0.5, 0.6) is 0 Å². The predicted molar refractivity (Wildman–Crippen MR) is 206 cm³/mol. The second-order valence-electron chi connectivity index (χ2n) is 19.2. The van der Waals surface area contributed by atoms with Crippen LogP contribution in [0.4, 0.5) is 0 Å². The Balaban J connectivity index is 0.00000243. The van der Waals surface area contributed by atoms with Crippen molar-refractivity contribution in [3.8, 4) is 11.1 Å². The maximum absolute atomic E-state index is 2.76. The SMILES string of the molecule is CC(C)(C)C1=CC[C]([Zr+2](=[CH]c2ccccc2)[C]2=C(C(C)(C)C)c3cc4c(cc3C2(C)C)Cc2cc3c(cc2-4)C(C(C)(C)C)=CC3(C)C)=C1.[Cl-].[Cl-]. The molecule has 0 bridgehead atoms. The van der Waals surface area contributed by atoms with Crippen molar-refractivity contribution < 1.29 is 46.1 Å². The molecule has 3 heteroatoms. The van der Waals surface area contributed by atoms with E-state index < -0.39 is 21.3 Å². The molecule has 0 saturated heterocycles. The summed E-state index contributed by atoms with van der Waals surface area (Å²) < 4.78 is 6.27. The second kappa shape index (κ2) is 12.8. The Labute approximate surface area is 323 Å². The predicted octanol–water partition coefficient (Wildman–Crippen LogP) is 6.76. The van der Waals surface area contributed by atoms with Gasteiger partial charge in [0.2, 0.25) is 0 Å². The van der Waals surface area contributed by atoms with Gasteiger partial charge in [-0.1, -0.05) is 0 Å². The molecule has 4 aliphatic rings. The van der Waals surface area contributed by atoms with E-state index in [0.717, 1.165) is 12.8 Å². The quantitative estimate of drug-likeness (QED) is 0.216. The Kier molecular flexibility index (Phi) is 10.0. The zero-order valence-electron chi connectivity index (χ0n) is 32.7. The van der Waals surface area contributed by atoms with Gasteiger partial charge in [0.1, 0.15) is 0 Å². The molecule has 3 aromatic rings. The molecule has 0 heterocycles. The van der Waals surface area contributed by atoms with Gasteiger partial charge in [0.05, 0.1) is 0 Å². The second-order valence-corrected chi connectivity index (χ2v) is 24.7. The molecule has 0 fully saturated rings. The Morgan fingerprint density at radius 3 is 1.78 bits per heavy atom. The molecule has 0 saturated carbocycles. The Hall–Kier alpha value is -2.05. The zero-order valence-corrected chi connectivity index (χ0v) is 36.6. The molecule has 50 heavy (non-hydrogen) atoms. The van der Waals surface area contributed by atoms with Gasteiger partial charge in [-0.25, -0.2) is 0 Å². The molecule has 0 atom stereocenters. The van der Waals surface area contributed by atoms with E-state index in [4.69, 9.17) is 0 Å². The topological polar surface area (TPSA) is 0 Å². The average Bonchev–Trinajstić information content (AvgIpc) is 3.71. The maximum Gasteiger partial charge on any atom is -1.00 e. The molecular formula is C47H56Cl2Zr. The van der Waals surface area contributed by atoms with Crippen LogP contribution < -0.4 is 24.8 Å². The third-order valence-electron chi connectivity index (χ3n) is 11.5. The summed E-state index contributed by atoms with van der Waals surface area (Å²) in [5.41, 5.74) is 18.4. The van der Waals surface area contributed by atoms with Crippen molar-refractivity contribution in [3.05, 3.63) is 124 Å². The van der Waals surface area contributed by atoms with Gasteiger partial charge in [0, 0.05) is 0 Å². The number of allylic oxidation sites excluding steroid dienone is 8. The molecule has 0 amide bonds. The number of rotatable bonds is 3. The van der Waals surface area contributed by atoms with Crippen LogP contribution >= 0.6 is 0 Å². The minimum atomic E-state index is -2.55. The van der Waals surface area contributed by atoms with Crippen LogP contribution in [0, 0.1) is 16.2 Å². The normalized spacial score (nSPS) is 18.4. The van der Waals surface area contributed by atoms with Gasteiger partial charge in [-0.2, -0.15) is 0 Å². The van der Waals surface area contributed by atoms with Crippen molar-refractivity contribution in [3.63, 3.8) is 0 Å². The molecule has 3 aromatic carbocycles. The first-order valence-electron chi connectivity index (χ1n) is 18.2. The number of fused-ring (bicyclic) bond motifs is 5. The third-order valence-corrected chi connectivity index (χ3v) is 19.0. The van der Waals surface area contributed by atoms with Gasteiger partial charge in [-0.15, -0.1) is 0 Å². The number of benzene rings is 3. The first-order valence-corrected chi connectivity index (χ1v) is 22.1. The molecule has 0 unspecified atom stereocenters. The van der Waals surface area contributed by atoms with E-state index in [-0.39, 0.29) is 51.9 Å². The minimum Gasteiger partial charge on any atom is -1.00 e. The van der Waals surface area contributed by atoms with Gasteiger partial charge in [-0.05, 0) is 0 Å². The van der Waals surface area contributed by atoms with E-state index in [1.807, 2.05) is 0 Å².